The molecular formula is C24H31N3O2S. The molecule has 160 valence electrons. The molecule has 2 aromatic carbocycles. The number of benzene rings is 2. The number of unbranched alkanes of at least 4 members (excludes halogenated alkanes) is 1. The first kappa shape index (κ1) is 22.1. The Morgan fingerprint density at radius 3 is 2.53 bits per heavy atom. The van der Waals surface area contributed by atoms with Crippen molar-refractivity contribution in [1.82, 2.24) is 5.32 Å². The van der Waals surface area contributed by atoms with Crippen LogP contribution in [0.2, 0.25) is 0 Å². The molecule has 0 aliphatic carbocycles. The van der Waals surface area contributed by atoms with Gasteiger partial charge in [0.2, 0.25) is 0 Å². The Bertz CT molecular complexity index is 837. The van der Waals surface area contributed by atoms with Gasteiger partial charge in [0.15, 0.2) is 5.11 Å². The van der Waals surface area contributed by atoms with Crippen LogP contribution in [-0.4, -0.2) is 30.2 Å². The zero-order valence-electron chi connectivity index (χ0n) is 17.8. The van der Waals surface area contributed by atoms with E-state index in [4.69, 9.17) is 17.0 Å². The van der Waals surface area contributed by atoms with Gasteiger partial charge < -0.3 is 15.0 Å². The van der Waals surface area contributed by atoms with Crippen LogP contribution in [0.25, 0.3) is 0 Å². The summed E-state index contributed by atoms with van der Waals surface area (Å²) in [5.41, 5.74) is 2.62. The van der Waals surface area contributed by atoms with Gasteiger partial charge in [-0.05, 0) is 93.4 Å². The molecule has 0 aromatic heterocycles. The number of amides is 1. The van der Waals surface area contributed by atoms with Crippen LogP contribution < -0.4 is 20.3 Å². The molecule has 2 aromatic rings. The molecule has 0 saturated carbocycles. The van der Waals surface area contributed by atoms with Gasteiger partial charge in [0.05, 0.1) is 6.61 Å². The van der Waals surface area contributed by atoms with E-state index < -0.39 is 0 Å². The number of nitrogens with one attached hydrogen (secondary N) is 2. The molecule has 0 unspecified atom stereocenters. The lowest BCUT2D eigenvalue weighted by molar-refractivity contribution is 0.0977. The van der Waals surface area contributed by atoms with Crippen molar-refractivity contribution in [3.63, 3.8) is 0 Å². The highest BCUT2D eigenvalue weighted by Crippen LogP contribution is 2.25. The Morgan fingerprint density at radius 1 is 1.13 bits per heavy atom. The standard InChI is InChI=1S/C24H31N3O2S/c1-3-4-17-29-22-14-8-19(9-15-22)23(28)26-24(30)25-20-10-12-21(13-11-20)27-16-6-5-7-18(27)2/h8-15,18H,3-7,16-17H2,1-2H3,(H2,25,26,28,30)/t18-/m0/s1. The molecule has 6 heteroatoms. The van der Waals surface area contributed by atoms with Crippen molar-refractivity contribution in [2.75, 3.05) is 23.4 Å². The number of hydrogen-bond acceptors (Lipinski definition) is 4. The molecule has 2 N–H and O–H groups in total. The fraction of sp³-hybridized carbons (Fsp3) is 0.417. The number of carbonyl (C=O) groups is 1. The van der Waals surface area contributed by atoms with Crippen molar-refractivity contribution in [2.24, 2.45) is 0 Å². The number of carbonyl (C=O) groups excluding carboxylic acids is 1. The number of rotatable bonds is 7. The highest BCUT2D eigenvalue weighted by Gasteiger charge is 2.18. The fourth-order valence-electron chi connectivity index (χ4n) is 3.59. The van der Waals surface area contributed by atoms with Crippen LogP contribution in [0.15, 0.2) is 48.5 Å². The Kier molecular flexibility index (Phi) is 8.08. The summed E-state index contributed by atoms with van der Waals surface area (Å²) in [6.45, 7) is 6.19. The molecule has 5 nitrogen and oxygen atoms in total. The Morgan fingerprint density at radius 2 is 1.87 bits per heavy atom. The normalized spacial score (nSPS) is 16.1. The van der Waals surface area contributed by atoms with E-state index in [1.807, 2.05) is 12.1 Å². The van der Waals surface area contributed by atoms with E-state index in [-0.39, 0.29) is 11.0 Å². The Balaban J connectivity index is 1.50. The molecule has 1 aliphatic heterocycles. The van der Waals surface area contributed by atoms with Gasteiger partial charge in [-0.2, -0.15) is 0 Å². The minimum atomic E-state index is -0.244. The SMILES string of the molecule is CCCCOc1ccc(C(=O)NC(=S)Nc2ccc(N3CCCC[C@@H]3C)cc2)cc1. The molecule has 0 spiro atoms. The fourth-order valence-corrected chi connectivity index (χ4v) is 3.80. The minimum Gasteiger partial charge on any atom is -0.494 e. The topological polar surface area (TPSA) is 53.6 Å². The lowest BCUT2D eigenvalue weighted by atomic mass is 10.0. The zero-order chi connectivity index (χ0) is 21.3. The third kappa shape index (κ3) is 6.20. The number of piperidine rings is 1. The second-order valence-corrected chi connectivity index (χ2v) is 8.13. The first-order valence-corrected chi connectivity index (χ1v) is 11.2. The summed E-state index contributed by atoms with van der Waals surface area (Å²) in [4.78, 5) is 14.9. The Hall–Kier alpha value is -2.60. The van der Waals surface area contributed by atoms with Gasteiger partial charge in [0.1, 0.15) is 5.75 Å². The van der Waals surface area contributed by atoms with Crippen LogP contribution in [-0.2, 0) is 0 Å². The maximum Gasteiger partial charge on any atom is 0.257 e. The molecule has 0 bridgehead atoms. The number of thiocarbonyl (C=S) groups is 1. The summed E-state index contributed by atoms with van der Waals surface area (Å²) in [5.74, 6) is 0.523. The van der Waals surface area contributed by atoms with Gasteiger partial charge >= 0.3 is 0 Å². The van der Waals surface area contributed by atoms with Crippen LogP contribution in [0, 0.1) is 0 Å². The molecule has 1 amide bonds. The summed E-state index contributed by atoms with van der Waals surface area (Å²) in [5, 5.41) is 6.10. The van der Waals surface area contributed by atoms with Crippen LogP contribution in [0.5, 0.6) is 5.75 Å². The molecule has 0 radical (unpaired) electrons. The van der Waals surface area contributed by atoms with E-state index in [2.05, 4.69) is 41.5 Å². The van der Waals surface area contributed by atoms with E-state index in [0.717, 1.165) is 30.8 Å². The maximum absolute atomic E-state index is 12.4. The molecule has 1 atom stereocenters. The van der Waals surface area contributed by atoms with Gasteiger partial charge in [-0.1, -0.05) is 13.3 Å². The lowest BCUT2D eigenvalue weighted by Gasteiger charge is -2.35. The van der Waals surface area contributed by atoms with E-state index in [9.17, 15) is 4.79 Å². The van der Waals surface area contributed by atoms with Crippen molar-refractivity contribution in [3.05, 3.63) is 54.1 Å². The number of ether oxygens (including phenoxy) is 1. The average molecular weight is 426 g/mol. The maximum atomic E-state index is 12.4. The summed E-state index contributed by atoms with van der Waals surface area (Å²) in [6, 6.07) is 15.9. The summed E-state index contributed by atoms with van der Waals surface area (Å²) in [6.07, 6.45) is 5.89. The van der Waals surface area contributed by atoms with E-state index in [0.29, 0.717) is 18.2 Å². The third-order valence-electron chi connectivity index (χ3n) is 5.37. The van der Waals surface area contributed by atoms with Crippen LogP contribution in [0.4, 0.5) is 11.4 Å². The van der Waals surface area contributed by atoms with Crippen molar-refractivity contribution in [2.45, 2.75) is 52.0 Å². The summed E-state index contributed by atoms with van der Waals surface area (Å²) < 4.78 is 5.63. The molecule has 1 aliphatic rings. The van der Waals surface area contributed by atoms with Crippen LogP contribution in [0.3, 0.4) is 0 Å². The molecule has 1 heterocycles. The first-order valence-electron chi connectivity index (χ1n) is 10.8. The summed E-state index contributed by atoms with van der Waals surface area (Å²) >= 11 is 5.31. The predicted molar refractivity (Wildman–Crippen MR) is 128 cm³/mol. The van der Waals surface area contributed by atoms with E-state index in [1.165, 1.54) is 24.9 Å². The average Bonchev–Trinajstić information content (AvgIpc) is 2.75. The highest BCUT2D eigenvalue weighted by molar-refractivity contribution is 7.80. The Labute approximate surface area is 184 Å². The van der Waals surface area contributed by atoms with E-state index in [1.54, 1.807) is 24.3 Å². The molecule has 1 saturated heterocycles. The molecule has 1 fully saturated rings. The largest absolute Gasteiger partial charge is 0.494 e. The molecular weight excluding hydrogens is 394 g/mol. The predicted octanol–water partition coefficient (Wildman–Crippen LogP) is 5.37. The lowest BCUT2D eigenvalue weighted by Crippen LogP contribution is -2.37. The molecule has 30 heavy (non-hydrogen) atoms. The number of hydrogen-bond donors (Lipinski definition) is 2. The van der Waals surface area contributed by atoms with Gasteiger partial charge in [0.25, 0.3) is 5.91 Å². The number of nitrogens with zero attached hydrogens (tertiary/aromatic N) is 1. The smallest absolute Gasteiger partial charge is 0.257 e. The van der Waals surface area contributed by atoms with Crippen LogP contribution in [0.1, 0.15) is 56.3 Å². The second-order valence-electron chi connectivity index (χ2n) is 7.72. The minimum absolute atomic E-state index is 0.244. The monoisotopic (exact) mass is 425 g/mol. The number of anilines is 2. The zero-order valence-corrected chi connectivity index (χ0v) is 18.6. The van der Waals surface area contributed by atoms with Crippen molar-refractivity contribution < 1.29 is 9.53 Å². The highest BCUT2D eigenvalue weighted by atomic mass is 32.1. The van der Waals surface area contributed by atoms with Gasteiger partial charge in [-0.25, -0.2) is 0 Å². The van der Waals surface area contributed by atoms with Crippen molar-refractivity contribution in [1.29, 1.82) is 0 Å². The first-order chi connectivity index (χ1) is 14.6. The van der Waals surface area contributed by atoms with Gasteiger partial charge in [-0.15, -0.1) is 0 Å². The van der Waals surface area contributed by atoms with Crippen LogP contribution >= 0.6 is 12.2 Å². The third-order valence-corrected chi connectivity index (χ3v) is 5.57. The quantitative estimate of drug-likeness (QED) is 0.461. The second kappa shape index (κ2) is 11.0. The summed E-state index contributed by atoms with van der Waals surface area (Å²) in [7, 11) is 0. The van der Waals surface area contributed by atoms with Gasteiger partial charge in [0, 0.05) is 29.5 Å². The van der Waals surface area contributed by atoms with Gasteiger partial charge in [-0.3, -0.25) is 10.1 Å². The van der Waals surface area contributed by atoms with Crippen molar-refractivity contribution >= 4 is 34.6 Å². The van der Waals surface area contributed by atoms with E-state index >= 15 is 0 Å². The molecule has 3 rings (SSSR count). The van der Waals surface area contributed by atoms with Crippen molar-refractivity contribution in [3.8, 4) is 5.75 Å².